The van der Waals surface area contributed by atoms with Gasteiger partial charge in [0.25, 0.3) is 0 Å². The smallest absolute Gasteiger partial charge is 0.0893 e. The van der Waals surface area contributed by atoms with Crippen LogP contribution in [0, 0.1) is 6.92 Å². The Labute approximate surface area is 87.2 Å². The lowest BCUT2D eigenvalue weighted by atomic mass is 10.3. The van der Waals surface area contributed by atoms with Crippen LogP contribution in [0.3, 0.4) is 0 Å². The van der Waals surface area contributed by atoms with Gasteiger partial charge in [0.1, 0.15) is 0 Å². The number of unbranched alkanes of at least 4 members (excludes halogenated alkanes) is 2. The maximum absolute atomic E-state index is 3.94. The predicted molar refractivity (Wildman–Crippen MR) is 63.4 cm³/mol. The number of hydrogen-bond acceptors (Lipinski definition) is 2. The van der Waals surface area contributed by atoms with Crippen LogP contribution in [0.5, 0.6) is 0 Å². The Morgan fingerprint density at radius 3 is 1.85 bits per heavy atom. The van der Waals surface area contributed by atoms with Crippen molar-refractivity contribution in [2.24, 2.45) is 0 Å². The second-order valence-corrected chi connectivity index (χ2v) is 3.50. The average Bonchev–Trinajstić information content (AvgIpc) is 2.62. The lowest BCUT2D eigenvalue weighted by Crippen LogP contribution is -1.59. The summed E-state index contributed by atoms with van der Waals surface area (Å²) in [5.74, 6) is 0. The molecule has 0 aliphatic heterocycles. The fourth-order valence-electron chi connectivity index (χ4n) is 0.648. The number of aromatic nitrogens is 1. The van der Waals surface area contributed by atoms with Crippen LogP contribution in [-0.4, -0.2) is 4.98 Å². The quantitative estimate of drug-likeness (QED) is 0.677. The van der Waals surface area contributed by atoms with Crippen LogP contribution in [-0.2, 0) is 0 Å². The van der Waals surface area contributed by atoms with E-state index < -0.39 is 0 Å². The molecule has 0 aliphatic rings. The molecule has 0 aliphatic carbocycles. The van der Waals surface area contributed by atoms with Crippen LogP contribution >= 0.6 is 11.3 Å². The number of aryl methyl sites for hydroxylation is 1. The molecule has 0 bridgehead atoms. The minimum absolute atomic E-state index is 1.13. The number of nitrogens with zero attached hydrogens (tertiary/aromatic N) is 1. The first-order valence-corrected chi connectivity index (χ1v) is 6.05. The highest BCUT2D eigenvalue weighted by Gasteiger charge is 1.76. The first-order chi connectivity index (χ1) is 6.31. The van der Waals surface area contributed by atoms with Gasteiger partial charge in [-0.1, -0.05) is 47.0 Å². The summed E-state index contributed by atoms with van der Waals surface area (Å²) in [4.78, 5) is 3.94. The van der Waals surface area contributed by atoms with E-state index in [1.54, 1.807) is 17.5 Å². The molecule has 0 unspecified atom stereocenters. The van der Waals surface area contributed by atoms with Crippen molar-refractivity contribution in [3.05, 3.63) is 16.6 Å². The molecule has 0 atom stereocenters. The molecule has 0 N–H and O–H groups in total. The Hall–Kier alpha value is -0.370. The summed E-state index contributed by atoms with van der Waals surface area (Å²) < 4.78 is 0. The molecule has 0 aromatic carbocycles. The zero-order valence-electron chi connectivity index (χ0n) is 9.63. The van der Waals surface area contributed by atoms with Crippen LogP contribution in [0.25, 0.3) is 0 Å². The SMILES string of the molecule is CC.CCCCC.Cc1nccs1. The van der Waals surface area contributed by atoms with Gasteiger partial charge in [0.05, 0.1) is 5.01 Å². The summed E-state index contributed by atoms with van der Waals surface area (Å²) in [6, 6.07) is 0. The fourth-order valence-corrected chi connectivity index (χ4v) is 1.09. The van der Waals surface area contributed by atoms with E-state index >= 15 is 0 Å². The summed E-state index contributed by atoms with van der Waals surface area (Å²) in [6.07, 6.45) is 5.88. The molecule has 0 saturated carbocycles. The Balaban J connectivity index is 0. The standard InChI is InChI=1S/C5H12.C4H5NS.C2H6/c1-3-5-4-2;1-4-5-2-3-6-4;1-2/h3-5H2,1-2H3;2-3H,1H3;1-2H3. The maximum Gasteiger partial charge on any atom is 0.0893 e. The van der Waals surface area contributed by atoms with E-state index in [0.717, 1.165) is 5.01 Å². The van der Waals surface area contributed by atoms with E-state index in [9.17, 15) is 0 Å². The van der Waals surface area contributed by atoms with E-state index in [2.05, 4.69) is 18.8 Å². The van der Waals surface area contributed by atoms with Gasteiger partial charge in [-0.25, -0.2) is 0 Å². The van der Waals surface area contributed by atoms with Crippen molar-refractivity contribution >= 4 is 11.3 Å². The second-order valence-electron chi connectivity index (χ2n) is 2.40. The third kappa shape index (κ3) is 14.5. The molecular formula is C11H23NS. The van der Waals surface area contributed by atoms with E-state index in [4.69, 9.17) is 0 Å². The Morgan fingerprint density at radius 2 is 1.77 bits per heavy atom. The zero-order chi connectivity index (χ0) is 10.5. The van der Waals surface area contributed by atoms with Gasteiger partial charge in [-0.2, -0.15) is 0 Å². The van der Waals surface area contributed by atoms with Gasteiger partial charge in [-0.05, 0) is 6.92 Å². The molecule has 0 saturated heterocycles. The molecule has 1 heterocycles. The Kier molecular flexibility index (Phi) is 16.5. The first kappa shape index (κ1) is 15.1. The highest BCUT2D eigenvalue weighted by molar-refractivity contribution is 7.09. The zero-order valence-corrected chi connectivity index (χ0v) is 10.4. The van der Waals surface area contributed by atoms with Gasteiger partial charge >= 0.3 is 0 Å². The van der Waals surface area contributed by atoms with Crippen molar-refractivity contribution in [3.8, 4) is 0 Å². The highest BCUT2D eigenvalue weighted by atomic mass is 32.1. The molecule has 2 heteroatoms. The minimum Gasteiger partial charge on any atom is -0.250 e. The molecule has 1 aromatic rings. The topological polar surface area (TPSA) is 12.9 Å². The molecule has 0 spiro atoms. The van der Waals surface area contributed by atoms with E-state index in [0.29, 0.717) is 0 Å². The predicted octanol–water partition coefficient (Wildman–Crippen LogP) is 4.67. The van der Waals surface area contributed by atoms with Gasteiger partial charge in [0.15, 0.2) is 0 Å². The molecule has 1 aromatic heterocycles. The number of hydrogen-bond donors (Lipinski definition) is 0. The third-order valence-electron chi connectivity index (χ3n) is 1.26. The lowest BCUT2D eigenvalue weighted by Gasteiger charge is -1.79. The molecule has 0 radical (unpaired) electrons. The fraction of sp³-hybridized carbons (Fsp3) is 0.727. The van der Waals surface area contributed by atoms with Crippen molar-refractivity contribution < 1.29 is 0 Å². The largest absolute Gasteiger partial charge is 0.250 e. The summed E-state index contributed by atoms with van der Waals surface area (Å²) in [5.41, 5.74) is 0. The molecule has 78 valence electrons. The summed E-state index contributed by atoms with van der Waals surface area (Å²) >= 11 is 1.67. The number of rotatable bonds is 2. The van der Waals surface area contributed by atoms with Crippen LogP contribution in [0.15, 0.2) is 11.6 Å². The van der Waals surface area contributed by atoms with Crippen molar-refractivity contribution in [2.75, 3.05) is 0 Å². The summed E-state index contributed by atoms with van der Waals surface area (Å²) in [6.45, 7) is 10.4. The van der Waals surface area contributed by atoms with Crippen LogP contribution in [0.2, 0.25) is 0 Å². The third-order valence-corrected chi connectivity index (χ3v) is 1.97. The number of thiazole rings is 1. The van der Waals surface area contributed by atoms with Crippen molar-refractivity contribution in [3.63, 3.8) is 0 Å². The normalized spacial score (nSPS) is 7.77. The Bertz CT molecular complexity index is 145. The van der Waals surface area contributed by atoms with Crippen molar-refractivity contribution in [1.82, 2.24) is 4.98 Å². The molecule has 1 rings (SSSR count). The Morgan fingerprint density at radius 1 is 1.23 bits per heavy atom. The van der Waals surface area contributed by atoms with E-state index in [1.165, 1.54) is 19.3 Å². The van der Waals surface area contributed by atoms with Crippen LogP contribution < -0.4 is 0 Å². The molecule has 0 fully saturated rings. The van der Waals surface area contributed by atoms with Crippen LogP contribution in [0.1, 0.15) is 52.0 Å². The second kappa shape index (κ2) is 14.2. The molecule has 1 nitrogen and oxygen atoms in total. The van der Waals surface area contributed by atoms with Crippen LogP contribution in [0.4, 0.5) is 0 Å². The lowest BCUT2D eigenvalue weighted by molar-refractivity contribution is 0.772. The summed E-state index contributed by atoms with van der Waals surface area (Å²) in [5, 5.41) is 3.10. The van der Waals surface area contributed by atoms with E-state index in [-0.39, 0.29) is 0 Å². The highest BCUT2D eigenvalue weighted by Crippen LogP contribution is 1.98. The van der Waals surface area contributed by atoms with Gasteiger partial charge in [0, 0.05) is 11.6 Å². The molecular weight excluding hydrogens is 178 g/mol. The van der Waals surface area contributed by atoms with Gasteiger partial charge in [-0.15, -0.1) is 11.3 Å². The maximum atomic E-state index is 3.94. The van der Waals surface area contributed by atoms with Gasteiger partial charge in [0.2, 0.25) is 0 Å². The monoisotopic (exact) mass is 201 g/mol. The molecule has 0 amide bonds. The van der Waals surface area contributed by atoms with Gasteiger partial charge < -0.3 is 0 Å². The van der Waals surface area contributed by atoms with E-state index in [1.807, 2.05) is 26.2 Å². The van der Waals surface area contributed by atoms with Gasteiger partial charge in [-0.3, -0.25) is 4.98 Å². The minimum atomic E-state index is 1.13. The van der Waals surface area contributed by atoms with Crippen molar-refractivity contribution in [1.29, 1.82) is 0 Å². The first-order valence-electron chi connectivity index (χ1n) is 5.17. The molecule has 13 heavy (non-hydrogen) atoms. The van der Waals surface area contributed by atoms with Crippen molar-refractivity contribution in [2.45, 2.75) is 53.9 Å². The summed E-state index contributed by atoms with van der Waals surface area (Å²) in [7, 11) is 0. The average molecular weight is 201 g/mol.